The van der Waals surface area contributed by atoms with Gasteiger partial charge in [-0.25, -0.2) is 0 Å². The summed E-state index contributed by atoms with van der Waals surface area (Å²) in [6.07, 6.45) is 2.74. The van der Waals surface area contributed by atoms with E-state index in [2.05, 4.69) is 0 Å². The number of hydrogen-bond acceptors (Lipinski definition) is 2. The predicted molar refractivity (Wildman–Crippen MR) is 55.5 cm³/mol. The zero-order valence-electron chi connectivity index (χ0n) is 8.99. The summed E-state index contributed by atoms with van der Waals surface area (Å²) in [6, 6.07) is 3.66. The van der Waals surface area contributed by atoms with E-state index < -0.39 is 0 Å². The first-order valence-corrected chi connectivity index (χ1v) is 4.77. The molecule has 3 heteroatoms. The van der Waals surface area contributed by atoms with Crippen LogP contribution in [0.1, 0.15) is 31.3 Å². The summed E-state index contributed by atoms with van der Waals surface area (Å²) in [5.41, 5.74) is 0.580. The van der Waals surface area contributed by atoms with Crippen LogP contribution in [0.2, 0.25) is 0 Å². The van der Waals surface area contributed by atoms with Gasteiger partial charge in [0.25, 0.3) is 0 Å². The molecular formula is C11H17NO2. The minimum absolute atomic E-state index is 0.117. The van der Waals surface area contributed by atoms with Crippen molar-refractivity contribution in [2.45, 2.75) is 32.9 Å². The number of ether oxygens (including phenoxy) is 1. The van der Waals surface area contributed by atoms with E-state index in [4.69, 9.17) is 4.74 Å². The molecule has 0 aromatic carbocycles. The first-order valence-electron chi connectivity index (χ1n) is 4.77. The average Bonchev–Trinajstić information content (AvgIpc) is 2.49. The second-order valence-electron chi connectivity index (χ2n) is 4.21. The first kappa shape index (κ1) is 11.0. The lowest BCUT2D eigenvalue weighted by Crippen LogP contribution is -2.22. The van der Waals surface area contributed by atoms with Crippen LogP contribution in [0.4, 0.5) is 0 Å². The minimum atomic E-state index is -0.117. The van der Waals surface area contributed by atoms with Gasteiger partial charge in [0.1, 0.15) is 0 Å². The molecule has 0 amide bonds. The van der Waals surface area contributed by atoms with Gasteiger partial charge in [-0.05, 0) is 32.9 Å². The second-order valence-corrected chi connectivity index (χ2v) is 4.21. The zero-order valence-corrected chi connectivity index (χ0v) is 8.99. The first-order chi connectivity index (χ1) is 6.53. The monoisotopic (exact) mass is 195 g/mol. The Morgan fingerprint density at radius 2 is 2.21 bits per heavy atom. The van der Waals surface area contributed by atoms with Crippen LogP contribution in [0.15, 0.2) is 18.3 Å². The number of rotatable bonds is 4. The molecule has 78 valence electrons. The fourth-order valence-electron chi connectivity index (χ4n) is 1.19. The van der Waals surface area contributed by atoms with E-state index in [9.17, 15) is 4.79 Å². The van der Waals surface area contributed by atoms with Crippen molar-refractivity contribution < 1.29 is 9.53 Å². The van der Waals surface area contributed by atoms with Crippen molar-refractivity contribution in [1.82, 2.24) is 4.57 Å². The number of aromatic nitrogens is 1. The van der Waals surface area contributed by atoms with Crippen molar-refractivity contribution in [2.24, 2.45) is 0 Å². The van der Waals surface area contributed by atoms with E-state index in [1.54, 1.807) is 6.07 Å². The van der Waals surface area contributed by atoms with Crippen LogP contribution in [0.5, 0.6) is 0 Å². The Balaban J connectivity index is 2.42. The third-order valence-corrected chi connectivity index (χ3v) is 1.85. The van der Waals surface area contributed by atoms with E-state index in [1.807, 2.05) is 37.6 Å². The zero-order chi connectivity index (χ0) is 10.6. The topological polar surface area (TPSA) is 31.2 Å². The molecule has 3 nitrogen and oxygen atoms in total. The van der Waals surface area contributed by atoms with E-state index in [1.165, 1.54) is 0 Å². The van der Waals surface area contributed by atoms with Gasteiger partial charge in [0.2, 0.25) is 0 Å². The molecule has 1 heterocycles. The molecule has 0 saturated carbocycles. The maximum atomic E-state index is 10.6. The van der Waals surface area contributed by atoms with Gasteiger partial charge in [0.05, 0.1) is 17.9 Å². The van der Waals surface area contributed by atoms with Gasteiger partial charge in [-0.15, -0.1) is 0 Å². The fraction of sp³-hybridized carbons (Fsp3) is 0.545. The maximum absolute atomic E-state index is 10.6. The lowest BCUT2D eigenvalue weighted by atomic mass is 10.2. The SMILES string of the molecule is CC(C)(C)OCCn1cccc1C=O. The van der Waals surface area contributed by atoms with E-state index in [0.717, 1.165) is 12.8 Å². The molecule has 0 atom stereocenters. The third-order valence-electron chi connectivity index (χ3n) is 1.85. The lowest BCUT2D eigenvalue weighted by Gasteiger charge is -2.19. The summed E-state index contributed by atoms with van der Waals surface area (Å²) >= 11 is 0. The molecular weight excluding hydrogens is 178 g/mol. The summed E-state index contributed by atoms with van der Waals surface area (Å²) in [7, 11) is 0. The van der Waals surface area contributed by atoms with Crippen molar-refractivity contribution in [1.29, 1.82) is 0 Å². The number of aldehydes is 1. The molecule has 0 saturated heterocycles. The lowest BCUT2D eigenvalue weighted by molar-refractivity contribution is -0.00688. The smallest absolute Gasteiger partial charge is 0.166 e. The molecule has 0 N–H and O–H groups in total. The Morgan fingerprint density at radius 3 is 2.79 bits per heavy atom. The Kier molecular flexibility index (Phi) is 3.47. The van der Waals surface area contributed by atoms with Crippen molar-refractivity contribution in [3.63, 3.8) is 0 Å². The van der Waals surface area contributed by atoms with Gasteiger partial charge in [0, 0.05) is 12.7 Å². The molecule has 1 rings (SSSR count). The summed E-state index contributed by atoms with van der Waals surface area (Å²) in [6.45, 7) is 7.40. The Hall–Kier alpha value is -1.09. The van der Waals surface area contributed by atoms with Crippen LogP contribution in [0.3, 0.4) is 0 Å². The van der Waals surface area contributed by atoms with Gasteiger partial charge in [-0.2, -0.15) is 0 Å². The van der Waals surface area contributed by atoms with Gasteiger partial charge >= 0.3 is 0 Å². The molecule has 0 aliphatic carbocycles. The molecule has 0 bridgehead atoms. The van der Waals surface area contributed by atoms with Crippen LogP contribution in [-0.4, -0.2) is 23.1 Å². The largest absolute Gasteiger partial charge is 0.374 e. The minimum Gasteiger partial charge on any atom is -0.374 e. The van der Waals surface area contributed by atoms with Crippen LogP contribution in [0.25, 0.3) is 0 Å². The van der Waals surface area contributed by atoms with Crippen LogP contribution in [-0.2, 0) is 11.3 Å². The molecule has 0 spiro atoms. The maximum Gasteiger partial charge on any atom is 0.166 e. The normalized spacial score (nSPS) is 11.6. The highest BCUT2D eigenvalue weighted by Gasteiger charge is 2.09. The molecule has 0 fully saturated rings. The number of nitrogens with zero attached hydrogens (tertiary/aromatic N) is 1. The fourth-order valence-corrected chi connectivity index (χ4v) is 1.19. The molecule has 1 aromatic rings. The third kappa shape index (κ3) is 3.34. The summed E-state index contributed by atoms with van der Waals surface area (Å²) in [5, 5.41) is 0. The highest BCUT2D eigenvalue weighted by molar-refractivity contribution is 5.72. The van der Waals surface area contributed by atoms with Gasteiger partial charge in [-0.1, -0.05) is 0 Å². The van der Waals surface area contributed by atoms with Crippen molar-refractivity contribution >= 4 is 6.29 Å². The Bertz CT molecular complexity index is 296. The molecule has 0 unspecified atom stereocenters. The predicted octanol–water partition coefficient (Wildman–Crippen LogP) is 2.12. The number of hydrogen-bond donors (Lipinski definition) is 0. The van der Waals surface area contributed by atoms with Crippen molar-refractivity contribution in [3.05, 3.63) is 24.0 Å². The van der Waals surface area contributed by atoms with E-state index >= 15 is 0 Å². The molecule has 0 aliphatic rings. The highest BCUT2D eigenvalue weighted by Crippen LogP contribution is 2.07. The van der Waals surface area contributed by atoms with E-state index in [-0.39, 0.29) is 5.60 Å². The van der Waals surface area contributed by atoms with Gasteiger partial charge in [0.15, 0.2) is 6.29 Å². The van der Waals surface area contributed by atoms with Crippen molar-refractivity contribution in [2.75, 3.05) is 6.61 Å². The second kappa shape index (κ2) is 4.42. The summed E-state index contributed by atoms with van der Waals surface area (Å²) in [4.78, 5) is 10.6. The van der Waals surface area contributed by atoms with Gasteiger partial charge < -0.3 is 9.30 Å². The molecule has 0 aliphatic heterocycles. The van der Waals surface area contributed by atoms with Crippen molar-refractivity contribution in [3.8, 4) is 0 Å². The molecule has 0 radical (unpaired) electrons. The molecule has 1 aromatic heterocycles. The van der Waals surface area contributed by atoms with Crippen LogP contribution in [0, 0.1) is 0 Å². The summed E-state index contributed by atoms with van der Waals surface area (Å²) in [5.74, 6) is 0. The highest BCUT2D eigenvalue weighted by atomic mass is 16.5. The van der Waals surface area contributed by atoms with E-state index in [0.29, 0.717) is 12.3 Å². The number of carbonyl (C=O) groups is 1. The Labute approximate surface area is 84.7 Å². The standard InChI is InChI=1S/C11H17NO2/c1-11(2,3)14-8-7-12-6-4-5-10(12)9-13/h4-6,9H,7-8H2,1-3H3. The number of carbonyl (C=O) groups excluding carboxylic acids is 1. The summed E-state index contributed by atoms with van der Waals surface area (Å²) < 4.78 is 7.45. The molecule has 14 heavy (non-hydrogen) atoms. The Morgan fingerprint density at radius 1 is 1.50 bits per heavy atom. The average molecular weight is 195 g/mol. The van der Waals surface area contributed by atoms with Gasteiger partial charge in [-0.3, -0.25) is 4.79 Å². The quantitative estimate of drug-likeness (QED) is 0.689. The van der Waals surface area contributed by atoms with Crippen LogP contribution >= 0.6 is 0 Å². The van der Waals surface area contributed by atoms with Crippen LogP contribution < -0.4 is 0 Å².